The third-order valence-corrected chi connectivity index (χ3v) is 3.34. The maximum atomic E-state index is 12.7. The summed E-state index contributed by atoms with van der Waals surface area (Å²) < 4.78 is 0. The number of rotatable bonds is 4. The van der Waals surface area contributed by atoms with Gasteiger partial charge in [0.05, 0.1) is 17.6 Å². The van der Waals surface area contributed by atoms with Gasteiger partial charge >= 0.3 is 5.97 Å². The highest BCUT2D eigenvalue weighted by molar-refractivity contribution is 6.04. The summed E-state index contributed by atoms with van der Waals surface area (Å²) in [5.74, 6) is -1.05. The SMILES string of the molecule is CC(C)(C)C(=O)N(CCC(=O)O)c1cccc2cccnc12. The van der Waals surface area contributed by atoms with E-state index < -0.39 is 11.4 Å². The van der Waals surface area contributed by atoms with Crippen molar-refractivity contribution in [3.8, 4) is 0 Å². The molecule has 0 saturated heterocycles. The van der Waals surface area contributed by atoms with E-state index in [1.54, 1.807) is 12.3 Å². The van der Waals surface area contributed by atoms with Gasteiger partial charge in [-0.2, -0.15) is 0 Å². The fourth-order valence-corrected chi connectivity index (χ4v) is 2.25. The van der Waals surface area contributed by atoms with Gasteiger partial charge in [-0.1, -0.05) is 39.0 Å². The van der Waals surface area contributed by atoms with Gasteiger partial charge in [-0.05, 0) is 12.1 Å². The first-order chi connectivity index (χ1) is 10.3. The zero-order valence-electron chi connectivity index (χ0n) is 13.0. The summed E-state index contributed by atoms with van der Waals surface area (Å²) in [5, 5.41) is 9.87. The van der Waals surface area contributed by atoms with Crippen molar-refractivity contribution >= 4 is 28.5 Å². The molecule has 2 rings (SSSR count). The number of aromatic nitrogens is 1. The van der Waals surface area contributed by atoms with Crippen molar-refractivity contribution in [2.45, 2.75) is 27.2 Å². The highest BCUT2D eigenvalue weighted by Crippen LogP contribution is 2.29. The van der Waals surface area contributed by atoms with E-state index in [2.05, 4.69) is 4.98 Å². The molecule has 0 unspecified atom stereocenters. The van der Waals surface area contributed by atoms with Crippen molar-refractivity contribution in [1.29, 1.82) is 0 Å². The Hall–Kier alpha value is -2.43. The molecule has 22 heavy (non-hydrogen) atoms. The van der Waals surface area contributed by atoms with E-state index in [9.17, 15) is 9.59 Å². The zero-order valence-corrected chi connectivity index (χ0v) is 13.0. The van der Waals surface area contributed by atoms with Crippen LogP contribution in [0.5, 0.6) is 0 Å². The van der Waals surface area contributed by atoms with Crippen LogP contribution < -0.4 is 4.90 Å². The maximum Gasteiger partial charge on any atom is 0.305 e. The summed E-state index contributed by atoms with van der Waals surface area (Å²) in [6, 6.07) is 9.33. The molecular formula is C17H20N2O3. The quantitative estimate of drug-likeness (QED) is 0.942. The highest BCUT2D eigenvalue weighted by atomic mass is 16.4. The van der Waals surface area contributed by atoms with Crippen LogP contribution in [0.25, 0.3) is 10.9 Å². The molecule has 0 radical (unpaired) electrons. The molecule has 2 aromatic rings. The Kier molecular flexibility index (Phi) is 4.45. The first-order valence-electron chi connectivity index (χ1n) is 7.18. The van der Waals surface area contributed by atoms with Crippen LogP contribution in [0.15, 0.2) is 36.5 Å². The number of pyridine rings is 1. The van der Waals surface area contributed by atoms with Crippen LogP contribution in [0.4, 0.5) is 5.69 Å². The summed E-state index contributed by atoms with van der Waals surface area (Å²) in [4.78, 5) is 29.5. The molecule has 5 nitrogen and oxygen atoms in total. The summed E-state index contributed by atoms with van der Waals surface area (Å²) in [7, 11) is 0. The van der Waals surface area contributed by atoms with E-state index in [4.69, 9.17) is 5.11 Å². The van der Waals surface area contributed by atoms with Gasteiger partial charge in [0.25, 0.3) is 0 Å². The molecule has 1 aromatic carbocycles. The number of carboxylic acid groups (broad SMARTS) is 1. The van der Waals surface area contributed by atoms with Crippen molar-refractivity contribution in [2.75, 3.05) is 11.4 Å². The lowest BCUT2D eigenvalue weighted by atomic mass is 9.94. The molecule has 5 heteroatoms. The first-order valence-corrected chi connectivity index (χ1v) is 7.18. The van der Waals surface area contributed by atoms with Crippen LogP contribution in [0.1, 0.15) is 27.2 Å². The number of carboxylic acids is 1. The van der Waals surface area contributed by atoms with Crippen LogP contribution in [-0.2, 0) is 9.59 Å². The van der Waals surface area contributed by atoms with Gasteiger partial charge in [0.1, 0.15) is 0 Å². The van der Waals surface area contributed by atoms with Crippen molar-refractivity contribution < 1.29 is 14.7 Å². The summed E-state index contributed by atoms with van der Waals surface area (Å²) >= 11 is 0. The number of carbonyl (C=O) groups is 2. The monoisotopic (exact) mass is 300 g/mol. The number of anilines is 1. The molecule has 1 N–H and O–H groups in total. The van der Waals surface area contributed by atoms with E-state index in [1.807, 2.05) is 45.0 Å². The molecular weight excluding hydrogens is 280 g/mol. The second-order valence-corrected chi connectivity index (χ2v) is 6.20. The van der Waals surface area contributed by atoms with Gasteiger partial charge in [-0.15, -0.1) is 0 Å². The molecule has 0 fully saturated rings. The Labute approximate surface area is 129 Å². The molecule has 0 spiro atoms. The predicted molar refractivity (Wildman–Crippen MR) is 85.8 cm³/mol. The second kappa shape index (κ2) is 6.13. The summed E-state index contributed by atoms with van der Waals surface area (Å²) in [6.07, 6.45) is 1.56. The fourth-order valence-electron chi connectivity index (χ4n) is 2.25. The largest absolute Gasteiger partial charge is 0.481 e. The van der Waals surface area contributed by atoms with Crippen LogP contribution in [0, 0.1) is 5.41 Å². The average molecular weight is 300 g/mol. The molecule has 0 aliphatic rings. The standard InChI is InChI=1S/C17H20N2O3/c1-17(2,3)16(22)19(11-9-14(20)21)13-8-4-6-12-7-5-10-18-15(12)13/h4-8,10H,9,11H2,1-3H3,(H,20,21). The Morgan fingerprint density at radius 2 is 1.86 bits per heavy atom. The Balaban J connectivity index is 2.51. The molecule has 0 aliphatic heterocycles. The number of carbonyl (C=O) groups excluding carboxylic acids is 1. The van der Waals surface area contributed by atoms with Gasteiger partial charge in [0.15, 0.2) is 0 Å². The van der Waals surface area contributed by atoms with Crippen LogP contribution in [-0.4, -0.2) is 28.5 Å². The van der Waals surface area contributed by atoms with Crippen molar-refractivity contribution in [2.24, 2.45) is 5.41 Å². The number of fused-ring (bicyclic) bond motifs is 1. The number of amides is 1. The minimum Gasteiger partial charge on any atom is -0.481 e. The van der Waals surface area contributed by atoms with Gasteiger partial charge in [0.2, 0.25) is 5.91 Å². The molecule has 0 saturated carbocycles. The van der Waals surface area contributed by atoms with Gasteiger partial charge < -0.3 is 10.0 Å². The van der Waals surface area contributed by atoms with E-state index in [-0.39, 0.29) is 18.9 Å². The minimum atomic E-state index is -0.931. The number of nitrogens with zero attached hydrogens (tertiary/aromatic N) is 2. The van der Waals surface area contributed by atoms with E-state index in [0.717, 1.165) is 5.39 Å². The van der Waals surface area contributed by atoms with Crippen molar-refractivity contribution in [1.82, 2.24) is 4.98 Å². The molecule has 0 bridgehead atoms. The van der Waals surface area contributed by atoms with Crippen LogP contribution >= 0.6 is 0 Å². The van der Waals surface area contributed by atoms with E-state index in [0.29, 0.717) is 11.2 Å². The lowest BCUT2D eigenvalue weighted by Gasteiger charge is -2.29. The lowest BCUT2D eigenvalue weighted by Crippen LogP contribution is -2.41. The molecule has 0 aliphatic carbocycles. The first kappa shape index (κ1) is 15.9. The molecule has 0 atom stereocenters. The topological polar surface area (TPSA) is 70.5 Å². The van der Waals surface area contributed by atoms with Gasteiger partial charge in [0, 0.05) is 23.5 Å². The zero-order chi connectivity index (χ0) is 16.3. The van der Waals surface area contributed by atoms with Crippen molar-refractivity contribution in [3.05, 3.63) is 36.5 Å². The summed E-state index contributed by atoms with van der Waals surface area (Å²) in [5.41, 5.74) is 0.752. The molecule has 1 heterocycles. The predicted octanol–water partition coefficient (Wildman–Crippen LogP) is 3.09. The van der Waals surface area contributed by atoms with Crippen molar-refractivity contribution in [3.63, 3.8) is 0 Å². The molecule has 116 valence electrons. The number of para-hydroxylation sites is 1. The fraction of sp³-hybridized carbons (Fsp3) is 0.353. The Morgan fingerprint density at radius 3 is 2.50 bits per heavy atom. The maximum absolute atomic E-state index is 12.7. The third-order valence-electron chi connectivity index (χ3n) is 3.34. The Bertz CT molecular complexity index is 699. The molecule has 1 amide bonds. The third kappa shape index (κ3) is 3.42. The lowest BCUT2D eigenvalue weighted by molar-refractivity contribution is -0.136. The highest BCUT2D eigenvalue weighted by Gasteiger charge is 2.29. The number of aliphatic carboxylic acids is 1. The number of benzene rings is 1. The van der Waals surface area contributed by atoms with E-state index in [1.165, 1.54) is 4.90 Å². The number of hydrogen-bond donors (Lipinski definition) is 1. The summed E-state index contributed by atoms with van der Waals surface area (Å²) in [6.45, 7) is 5.59. The smallest absolute Gasteiger partial charge is 0.305 e. The Morgan fingerprint density at radius 1 is 1.18 bits per heavy atom. The van der Waals surface area contributed by atoms with Gasteiger partial charge in [-0.3, -0.25) is 14.6 Å². The van der Waals surface area contributed by atoms with Gasteiger partial charge in [-0.25, -0.2) is 0 Å². The minimum absolute atomic E-state index is 0.106. The van der Waals surface area contributed by atoms with Crippen LogP contribution in [0.3, 0.4) is 0 Å². The normalized spacial score (nSPS) is 11.4. The van der Waals surface area contributed by atoms with Crippen LogP contribution in [0.2, 0.25) is 0 Å². The second-order valence-electron chi connectivity index (χ2n) is 6.20. The average Bonchev–Trinajstić information content (AvgIpc) is 2.46. The molecule has 1 aromatic heterocycles. The number of hydrogen-bond acceptors (Lipinski definition) is 3. The van der Waals surface area contributed by atoms with E-state index >= 15 is 0 Å².